The second kappa shape index (κ2) is 7.03. The molecule has 0 amide bonds. The van der Waals surface area contributed by atoms with Crippen molar-refractivity contribution >= 4 is 27.6 Å². The molecule has 6 nitrogen and oxygen atoms in total. The van der Waals surface area contributed by atoms with Gasteiger partial charge in [-0.05, 0) is 24.0 Å². The van der Waals surface area contributed by atoms with E-state index in [9.17, 15) is 13.2 Å². The van der Waals surface area contributed by atoms with Crippen LogP contribution in [0.4, 0.5) is 0 Å². The number of benzene rings is 1. The summed E-state index contributed by atoms with van der Waals surface area (Å²) in [4.78, 5) is 16.3. The van der Waals surface area contributed by atoms with Gasteiger partial charge in [-0.25, -0.2) is 8.42 Å². The molecule has 0 saturated carbocycles. The Hall–Kier alpha value is -1.09. The Kier molecular flexibility index (Phi) is 5.19. The predicted molar refractivity (Wildman–Crippen MR) is 94.1 cm³/mol. The molecule has 24 heavy (non-hydrogen) atoms. The zero-order valence-corrected chi connectivity index (χ0v) is 15.2. The molecule has 0 radical (unpaired) electrons. The van der Waals surface area contributed by atoms with E-state index in [4.69, 9.17) is 5.11 Å². The van der Waals surface area contributed by atoms with Gasteiger partial charge in [0.2, 0.25) is 0 Å². The zero-order valence-electron chi connectivity index (χ0n) is 13.6. The number of fused-ring (bicyclic) bond motifs is 1. The number of hydrogen-bond donors (Lipinski definition) is 1. The van der Waals surface area contributed by atoms with Crippen molar-refractivity contribution < 1.29 is 18.3 Å². The number of sulfone groups is 1. The van der Waals surface area contributed by atoms with Gasteiger partial charge in [0.1, 0.15) is 0 Å². The molecular formula is C16H22N2O4S2. The number of carboxylic acid groups (broad SMARTS) is 1. The van der Waals surface area contributed by atoms with E-state index >= 15 is 0 Å². The molecule has 1 aromatic carbocycles. The number of hydrogen-bond acceptors (Lipinski definition) is 6. The molecule has 0 spiro atoms. The number of aliphatic carboxylic acids is 1. The minimum absolute atomic E-state index is 0.0624. The fourth-order valence-electron chi connectivity index (χ4n) is 3.63. The lowest BCUT2D eigenvalue weighted by Gasteiger charge is -2.43. The summed E-state index contributed by atoms with van der Waals surface area (Å²) < 4.78 is 24.2. The van der Waals surface area contributed by atoms with Crippen LogP contribution < -0.4 is 0 Å². The highest BCUT2D eigenvalue weighted by Gasteiger charge is 2.46. The van der Waals surface area contributed by atoms with E-state index in [1.165, 1.54) is 4.90 Å². The lowest BCUT2D eigenvalue weighted by atomic mass is 10.0. The Morgan fingerprint density at radius 2 is 1.75 bits per heavy atom. The quantitative estimate of drug-likeness (QED) is 0.767. The summed E-state index contributed by atoms with van der Waals surface area (Å²) in [5, 5.41) is 9.06. The Labute approximate surface area is 146 Å². The lowest BCUT2D eigenvalue weighted by Crippen LogP contribution is -2.59. The third-order valence-electron chi connectivity index (χ3n) is 4.79. The summed E-state index contributed by atoms with van der Waals surface area (Å²) in [6, 6.07) is 7.96. The average molecular weight is 370 g/mol. The van der Waals surface area contributed by atoms with Crippen molar-refractivity contribution in [3.8, 4) is 0 Å². The molecule has 2 aliphatic heterocycles. The van der Waals surface area contributed by atoms with Crippen molar-refractivity contribution in [1.29, 1.82) is 0 Å². The molecule has 2 saturated heterocycles. The molecule has 2 fully saturated rings. The van der Waals surface area contributed by atoms with Crippen LogP contribution in [0.25, 0.3) is 0 Å². The molecule has 2 atom stereocenters. The van der Waals surface area contributed by atoms with Gasteiger partial charge < -0.3 is 5.11 Å². The van der Waals surface area contributed by atoms with Gasteiger partial charge in [0.25, 0.3) is 0 Å². The Balaban J connectivity index is 1.76. The van der Waals surface area contributed by atoms with Crippen LogP contribution in [-0.2, 0) is 21.2 Å². The summed E-state index contributed by atoms with van der Waals surface area (Å²) in [5.41, 5.74) is 1.16. The van der Waals surface area contributed by atoms with Crippen LogP contribution in [0.2, 0.25) is 0 Å². The molecular weight excluding hydrogens is 348 g/mol. The minimum atomic E-state index is -3.11. The van der Waals surface area contributed by atoms with Gasteiger partial charge in [-0.15, -0.1) is 11.8 Å². The molecule has 132 valence electrons. The standard InChI is InChI=1S/C16H22N2O4S2/c1-23-13-4-2-12(3-5-13)8-17-6-7-18(9-16(19)20)15-11-24(21,22)10-14(15)17/h2-5,14-15H,6-11H2,1H3,(H,19,20)/t14-,15+/m0/s1. The zero-order chi connectivity index (χ0) is 17.3. The molecule has 8 heteroatoms. The van der Waals surface area contributed by atoms with E-state index in [0.717, 1.165) is 5.56 Å². The van der Waals surface area contributed by atoms with Crippen LogP contribution >= 0.6 is 11.8 Å². The summed E-state index contributed by atoms with van der Waals surface area (Å²) in [6.07, 6.45) is 2.03. The molecule has 0 unspecified atom stereocenters. The number of rotatable bonds is 5. The SMILES string of the molecule is CSc1ccc(CN2CCN(CC(=O)O)[C@@H]3CS(=O)(=O)C[C@@H]32)cc1. The molecule has 2 aliphatic rings. The van der Waals surface area contributed by atoms with Crippen LogP contribution in [0.1, 0.15) is 5.56 Å². The Morgan fingerprint density at radius 1 is 1.17 bits per heavy atom. The number of piperazine rings is 1. The Bertz CT molecular complexity index is 705. The van der Waals surface area contributed by atoms with Crippen LogP contribution in [0.3, 0.4) is 0 Å². The van der Waals surface area contributed by atoms with Gasteiger partial charge in [0.15, 0.2) is 9.84 Å². The van der Waals surface area contributed by atoms with Gasteiger partial charge >= 0.3 is 5.97 Å². The fraction of sp³-hybridized carbons (Fsp3) is 0.562. The summed E-state index contributed by atoms with van der Waals surface area (Å²) >= 11 is 1.69. The first-order chi connectivity index (χ1) is 11.4. The normalized spacial score (nSPS) is 27.0. The van der Waals surface area contributed by atoms with Crippen LogP contribution in [0.15, 0.2) is 29.2 Å². The maximum absolute atomic E-state index is 12.1. The second-order valence-electron chi connectivity index (χ2n) is 6.39. The second-order valence-corrected chi connectivity index (χ2v) is 9.43. The molecule has 1 aromatic rings. The van der Waals surface area contributed by atoms with Crippen molar-refractivity contribution in [1.82, 2.24) is 9.80 Å². The molecule has 2 heterocycles. The van der Waals surface area contributed by atoms with Crippen LogP contribution in [0, 0.1) is 0 Å². The van der Waals surface area contributed by atoms with Gasteiger partial charge in [-0.3, -0.25) is 14.6 Å². The van der Waals surface area contributed by atoms with Crippen LogP contribution in [0.5, 0.6) is 0 Å². The first-order valence-electron chi connectivity index (χ1n) is 7.91. The largest absolute Gasteiger partial charge is 0.480 e. The first kappa shape index (κ1) is 17.7. The van der Waals surface area contributed by atoms with Crippen molar-refractivity contribution in [3.05, 3.63) is 29.8 Å². The Morgan fingerprint density at radius 3 is 2.33 bits per heavy atom. The van der Waals surface area contributed by atoms with Crippen molar-refractivity contribution in [2.75, 3.05) is 37.4 Å². The maximum atomic E-state index is 12.1. The van der Waals surface area contributed by atoms with Crippen LogP contribution in [-0.4, -0.2) is 78.8 Å². The number of thioether (sulfide) groups is 1. The number of carbonyl (C=O) groups is 1. The van der Waals surface area contributed by atoms with E-state index in [0.29, 0.717) is 19.6 Å². The van der Waals surface area contributed by atoms with E-state index in [1.54, 1.807) is 11.8 Å². The third-order valence-corrected chi connectivity index (χ3v) is 7.23. The third kappa shape index (κ3) is 3.93. The lowest BCUT2D eigenvalue weighted by molar-refractivity contribution is -0.139. The van der Waals surface area contributed by atoms with Crippen molar-refractivity contribution in [2.45, 2.75) is 23.5 Å². The van der Waals surface area contributed by atoms with Gasteiger partial charge in [-0.2, -0.15) is 0 Å². The smallest absolute Gasteiger partial charge is 0.317 e. The van der Waals surface area contributed by atoms with E-state index in [-0.39, 0.29) is 30.1 Å². The average Bonchev–Trinajstić information content (AvgIpc) is 2.86. The van der Waals surface area contributed by atoms with Crippen molar-refractivity contribution in [3.63, 3.8) is 0 Å². The van der Waals surface area contributed by atoms with Gasteiger partial charge in [-0.1, -0.05) is 12.1 Å². The monoisotopic (exact) mass is 370 g/mol. The number of nitrogens with zero attached hydrogens (tertiary/aromatic N) is 2. The molecule has 1 N–H and O–H groups in total. The highest BCUT2D eigenvalue weighted by Crippen LogP contribution is 2.28. The molecule has 3 rings (SSSR count). The van der Waals surface area contributed by atoms with E-state index in [2.05, 4.69) is 29.2 Å². The minimum Gasteiger partial charge on any atom is -0.480 e. The molecule has 0 aliphatic carbocycles. The summed E-state index contributed by atoms with van der Waals surface area (Å²) in [7, 11) is -3.11. The van der Waals surface area contributed by atoms with Gasteiger partial charge in [0.05, 0.1) is 18.1 Å². The topological polar surface area (TPSA) is 77.9 Å². The summed E-state index contributed by atoms with van der Waals surface area (Å²) in [6.45, 7) is 1.89. The molecule has 0 bridgehead atoms. The van der Waals surface area contributed by atoms with E-state index in [1.807, 2.05) is 11.2 Å². The van der Waals surface area contributed by atoms with E-state index < -0.39 is 15.8 Å². The molecule has 0 aromatic heterocycles. The predicted octanol–water partition coefficient (Wildman–Crippen LogP) is 0.776. The van der Waals surface area contributed by atoms with Crippen molar-refractivity contribution in [2.24, 2.45) is 0 Å². The highest BCUT2D eigenvalue weighted by molar-refractivity contribution is 7.98. The maximum Gasteiger partial charge on any atom is 0.317 e. The first-order valence-corrected chi connectivity index (χ1v) is 11.0. The van der Waals surface area contributed by atoms with Gasteiger partial charge in [0, 0.05) is 36.6 Å². The highest BCUT2D eigenvalue weighted by atomic mass is 32.2. The number of carboxylic acids is 1. The fourth-order valence-corrected chi connectivity index (χ4v) is 6.08. The summed E-state index contributed by atoms with van der Waals surface area (Å²) in [5.74, 6) is -0.719.